The number of hydrogen-bond donors (Lipinski definition) is 2. The Morgan fingerprint density at radius 2 is 2.08 bits per heavy atom. The van der Waals surface area contributed by atoms with Gasteiger partial charge in [-0.3, -0.25) is 14.4 Å². The minimum Gasteiger partial charge on any atom is -0.495 e. The normalized spacial score (nSPS) is 18.2. The number of rotatable bonds is 7. The van der Waals surface area contributed by atoms with Crippen molar-refractivity contribution in [2.75, 3.05) is 17.8 Å². The van der Waals surface area contributed by atoms with Gasteiger partial charge in [0.1, 0.15) is 11.8 Å². The average Bonchev–Trinajstić information content (AvgIpc) is 2.84. The van der Waals surface area contributed by atoms with Gasteiger partial charge in [-0.15, -0.1) is 11.8 Å². The van der Waals surface area contributed by atoms with Crippen molar-refractivity contribution in [2.24, 2.45) is 0 Å². The Bertz CT molecular complexity index is 708. The Balaban J connectivity index is 2.10. The summed E-state index contributed by atoms with van der Waals surface area (Å²) < 4.78 is 5.18. The van der Waals surface area contributed by atoms with E-state index < -0.39 is 29.1 Å². The number of hydrogen-bond acceptors (Lipinski definition) is 6. The zero-order valence-corrected chi connectivity index (χ0v) is 14.5. The second kappa shape index (κ2) is 8.02. The molecule has 0 radical (unpaired) electrons. The van der Waals surface area contributed by atoms with Crippen LogP contribution in [0.3, 0.4) is 0 Å². The second-order valence-electron chi connectivity index (χ2n) is 5.36. The fraction of sp³-hybridized carbons (Fsp3) is 0.375. The number of benzene rings is 1. The Kier molecular flexibility index (Phi) is 6.02. The van der Waals surface area contributed by atoms with E-state index in [1.165, 1.54) is 14.0 Å². The zero-order chi connectivity index (χ0) is 18.6. The molecule has 1 aromatic carbocycles. The zero-order valence-electron chi connectivity index (χ0n) is 13.7. The number of imide groups is 1. The lowest BCUT2D eigenvalue weighted by Gasteiger charge is -2.18. The van der Waals surface area contributed by atoms with Crippen molar-refractivity contribution >= 4 is 41.1 Å². The molecule has 25 heavy (non-hydrogen) atoms. The van der Waals surface area contributed by atoms with Crippen LogP contribution in [0.15, 0.2) is 24.3 Å². The van der Waals surface area contributed by atoms with Crippen LogP contribution in [0.5, 0.6) is 5.75 Å². The standard InChI is InChI=1S/C16H18N2O6S/c1-9(19)17-10(16(22)23)8-25-13-7-14(20)18(15(13)21)11-5-3-4-6-12(11)24-2/h3-6,10,13H,7-8H2,1-2H3,(H,17,19)(H,22,23)/t10-,13+/m0/s1. The molecule has 2 atom stereocenters. The number of nitrogens with zero attached hydrogens (tertiary/aromatic N) is 1. The van der Waals surface area contributed by atoms with Gasteiger partial charge in [0.25, 0.3) is 0 Å². The average molecular weight is 366 g/mol. The molecule has 1 aliphatic rings. The maximum absolute atomic E-state index is 12.6. The number of carbonyl (C=O) groups excluding carboxylic acids is 3. The summed E-state index contributed by atoms with van der Waals surface area (Å²) in [5, 5.41) is 10.7. The molecule has 0 aliphatic carbocycles. The van der Waals surface area contributed by atoms with Crippen LogP contribution in [0.4, 0.5) is 5.69 Å². The lowest BCUT2D eigenvalue weighted by Crippen LogP contribution is -2.42. The van der Waals surface area contributed by atoms with E-state index in [4.69, 9.17) is 9.84 Å². The SMILES string of the molecule is COc1ccccc1N1C(=O)C[C@@H](SC[C@H](NC(C)=O)C(=O)O)C1=O. The minimum atomic E-state index is -1.19. The first-order chi connectivity index (χ1) is 11.8. The number of anilines is 1. The van der Waals surface area contributed by atoms with Gasteiger partial charge in [-0.2, -0.15) is 0 Å². The van der Waals surface area contributed by atoms with Gasteiger partial charge in [0, 0.05) is 19.1 Å². The fourth-order valence-electron chi connectivity index (χ4n) is 2.43. The predicted molar refractivity (Wildman–Crippen MR) is 91.6 cm³/mol. The summed E-state index contributed by atoms with van der Waals surface area (Å²) in [7, 11) is 1.45. The Morgan fingerprint density at radius 3 is 2.68 bits per heavy atom. The molecule has 3 amide bonds. The van der Waals surface area contributed by atoms with Gasteiger partial charge in [0.05, 0.1) is 18.0 Å². The Labute approximate surface area is 148 Å². The van der Waals surface area contributed by atoms with Crippen molar-refractivity contribution in [1.82, 2.24) is 5.32 Å². The van der Waals surface area contributed by atoms with Crippen molar-refractivity contribution in [3.8, 4) is 5.75 Å². The summed E-state index contributed by atoms with van der Waals surface area (Å²) in [4.78, 5) is 48.1. The lowest BCUT2D eigenvalue weighted by molar-refractivity contribution is -0.140. The number of ether oxygens (including phenoxy) is 1. The third kappa shape index (κ3) is 4.30. The molecule has 0 unspecified atom stereocenters. The molecule has 2 N–H and O–H groups in total. The summed E-state index contributed by atoms with van der Waals surface area (Å²) >= 11 is 1.04. The van der Waals surface area contributed by atoms with Gasteiger partial charge < -0.3 is 15.2 Å². The monoisotopic (exact) mass is 366 g/mol. The first-order valence-corrected chi connectivity index (χ1v) is 8.51. The highest BCUT2D eigenvalue weighted by Gasteiger charge is 2.41. The van der Waals surface area contributed by atoms with Gasteiger partial charge in [0.15, 0.2) is 0 Å². The minimum absolute atomic E-state index is 0.0155. The molecular weight excluding hydrogens is 348 g/mol. The third-order valence-corrected chi connectivity index (χ3v) is 4.87. The summed E-state index contributed by atoms with van der Waals surface area (Å²) in [5.74, 6) is -2.09. The molecule has 1 aromatic rings. The number of aliphatic carboxylic acids is 1. The Hall–Kier alpha value is -2.55. The van der Waals surface area contributed by atoms with E-state index in [1.54, 1.807) is 24.3 Å². The van der Waals surface area contributed by atoms with E-state index in [1.807, 2.05) is 0 Å². The van der Waals surface area contributed by atoms with Crippen LogP contribution < -0.4 is 15.0 Å². The second-order valence-corrected chi connectivity index (χ2v) is 6.59. The summed E-state index contributed by atoms with van der Waals surface area (Å²) in [5.41, 5.74) is 0.361. The topological polar surface area (TPSA) is 113 Å². The van der Waals surface area contributed by atoms with Gasteiger partial charge in [-0.25, -0.2) is 9.69 Å². The lowest BCUT2D eigenvalue weighted by atomic mass is 10.2. The maximum atomic E-state index is 12.6. The Morgan fingerprint density at radius 1 is 1.40 bits per heavy atom. The van der Waals surface area contributed by atoms with Gasteiger partial charge in [0.2, 0.25) is 17.7 Å². The summed E-state index contributed by atoms with van der Waals surface area (Å²) in [6.45, 7) is 1.22. The van der Waals surface area contributed by atoms with Crippen LogP contribution in [-0.2, 0) is 19.2 Å². The molecule has 1 fully saturated rings. The predicted octanol–water partition coefficient (Wildman–Crippen LogP) is 0.650. The number of nitrogens with one attached hydrogen (secondary N) is 1. The van der Waals surface area contributed by atoms with Crippen LogP contribution in [-0.4, -0.2) is 53.0 Å². The summed E-state index contributed by atoms with van der Waals surface area (Å²) in [6, 6.07) is 5.55. The van der Waals surface area contributed by atoms with Crippen LogP contribution in [0, 0.1) is 0 Å². The molecule has 0 saturated carbocycles. The van der Waals surface area contributed by atoms with Gasteiger partial charge in [-0.05, 0) is 12.1 Å². The molecule has 1 saturated heterocycles. The molecule has 8 nitrogen and oxygen atoms in total. The van der Waals surface area contributed by atoms with Crippen LogP contribution in [0.1, 0.15) is 13.3 Å². The highest BCUT2D eigenvalue weighted by atomic mass is 32.2. The molecule has 0 spiro atoms. The first kappa shape index (κ1) is 18.8. The van der Waals surface area contributed by atoms with Gasteiger partial charge >= 0.3 is 5.97 Å². The molecule has 1 heterocycles. The molecule has 134 valence electrons. The molecule has 0 aromatic heterocycles. The maximum Gasteiger partial charge on any atom is 0.327 e. The van der Waals surface area contributed by atoms with Crippen molar-refractivity contribution in [3.63, 3.8) is 0 Å². The number of carbonyl (C=O) groups is 4. The molecule has 9 heteroatoms. The van der Waals surface area contributed by atoms with Gasteiger partial charge in [-0.1, -0.05) is 12.1 Å². The van der Waals surface area contributed by atoms with E-state index >= 15 is 0 Å². The number of carboxylic acids is 1. The number of amides is 3. The number of carboxylic acid groups (broad SMARTS) is 1. The van der Waals surface area contributed by atoms with Crippen molar-refractivity contribution in [1.29, 1.82) is 0 Å². The number of thioether (sulfide) groups is 1. The van der Waals surface area contributed by atoms with Crippen LogP contribution in [0.25, 0.3) is 0 Å². The number of methoxy groups -OCH3 is 1. The third-order valence-electron chi connectivity index (χ3n) is 3.57. The van der Waals surface area contributed by atoms with E-state index in [0.29, 0.717) is 11.4 Å². The quantitative estimate of drug-likeness (QED) is 0.681. The van der Waals surface area contributed by atoms with E-state index in [-0.39, 0.29) is 18.1 Å². The largest absolute Gasteiger partial charge is 0.495 e. The van der Waals surface area contributed by atoms with Crippen LogP contribution >= 0.6 is 11.8 Å². The molecule has 2 rings (SSSR count). The molecular formula is C16H18N2O6S. The van der Waals surface area contributed by atoms with Crippen molar-refractivity contribution in [3.05, 3.63) is 24.3 Å². The smallest absolute Gasteiger partial charge is 0.327 e. The van der Waals surface area contributed by atoms with E-state index in [9.17, 15) is 19.2 Å². The van der Waals surface area contributed by atoms with E-state index in [0.717, 1.165) is 16.7 Å². The highest BCUT2D eigenvalue weighted by Crippen LogP contribution is 2.35. The van der Waals surface area contributed by atoms with E-state index in [2.05, 4.69) is 5.32 Å². The van der Waals surface area contributed by atoms with Crippen molar-refractivity contribution < 1.29 is 29.0 Å². The summed E-state index contributed by atoms with van der Waals surface area (Å²) in [6.07, 6.45) is -0.0338. The first-order valence-electron chi connectivity index (χ1n) is 7.46. The van der Waals surface area contributed by atoms with Crippen molar-refractivity contribution in [2.45, 2.75) is 24.6 Å². The number of para-hydroxylation sites is 2. The highest BCUT2D eigenvalue weighted by molar-refractivity contribution is 8.00. The van der Waals surface area contributed by atoms with Crippen LogP contribution in [0.2, 0.25) is 0 Å². The molecule has 0 bridgehead atoms. The fourth-order valence-corrected chi connectivity index (χ4v) is 3.59. The molecule has 1 aliphatic heterocycles.